The number of nitrogens with two attached hydrogens (primary N) is 1. The zero-order valence-electron chi connectivity index (χ0n) is 9.64. The largest absolute Gasteiger partial charge is 0.366 e. The van der Waals surface area contributed by atoms with Crippen molar-refractivity contribution in [3.05, 3.63) is 62.2 Å². The van der Waals surface area contributed by atoms with Crippen LogP contribution in [0.2, 0.25) is 10.2 Å². The molecule has 0 aliphatic rings. The Morgan fingerprint density at radius 3 is 2.74 bits per heavy atom. The maximum Gasteiger partial charge on any atom is 0.288 e. The van der Waals surface area contributed by atoms with E-state index in [1.807, 2.05) is 0 Å². The molecule has 0 fully saturated rings. The van der Waals surface area contributed by atoms with Gasteiger partial charge in [-0.2, -0.15) is 0 Å². The molecule has 0 atom stereocenters. The third-order valence-corrected chi connectivity index (χ3v) is 3.16. The van der Waals surface area contributed by atoms with Crippen LogP contribution >= 0.6 is 23.2 Å². The van der Waals surface area contributed by atoms with Crippen molar-refractivity contribution in [1.82, 2.24) is 9.55 Å². The Morgan fingerprint density at radius 2 is 2.11 bits per heavy atom. The highest BCUT2D eigenvalue weighted by molar-refractivity contribution is 6.31. The molecule has 1 aromatic carbocycles. The van der Waals surface area contributed by atoms with Crippen LogP contribution in [0.5, 0.6) is 0 Å². The van der Waals surface area contributed by atoms with Gasteiger partial charge in [-0.05, 0) is 17.7 Å². The van der Waals surface area contributed by atoms with Gasteiger partial charge in [0, 0.05) is 23.0 Å². The number of aromatic nitrogens is 2. The number of nitrogens with zero attached hydrogens (tertiary/aromatic N) is 2. The van der Waals surface area contributed by atoms with Crippen LogP contribution in [0.15, 0.2) is 35.4 Å². The SMILES string of the molecule is NC(=O)c1ccc(Cn2ccnc(Cl)c2=O)c(Cl)c1. The molecule has 0 unspecified atom stereocenters. The van der Waals surface area contributed by atoms with Crippen molar-refractivity contribution in [3.8, 4) is 0 Å². The minimum Gasteiger partial charge on any atom is -0.366 e. The second-order valence-corrected chi connectivity index (χ2v) is 4.59. The molecule has 7 heteroatoms. The van der Waals surface area contributed by atoms with Gasteiger partial charge in [0.1, 0.15) is 0 Å². The predicted octanol–water partition coefficient (Wildman–Crippen LogP) is 1.70. The Bertz CT molecular complexity index is 698. The van der Waals surface area contributed by atoms with E-state index in [2.05, 4.69) is 4.98 Å². The number of rotatable bonds is 3. The molecule has 0 aliphatic carbocycles. The van der Waals surface area contributed by atoms with Crippen LogP contribution in [0, 0.1) is 0 Å². The normalized spacial score (nSPS) is 10.4. The summed E-state index contributed by atoms with van der Waals surface area (Å²) in [6.45, 7) is 0.235. The van der Waals surface area contributed by atoms with E-state index in [0.29, 0.717) is 16.1 Å². The fraction of sp³-hybridized carbons (Fsp3) is 0.0833. The van der Waals surface area contributed by atoms with Gasteiger partial charge in [0.25, 0.3) is 5.56 Å². The van der Waals surface area contributed by atoms with Crippen LogP contribution in [0.1, 0.15) is 15.9 Å². The van der Waals surface area contributed by atoms with E-state index in [0.717, 1.165) is 0 Å². The second-order valence-electron chi connectivity index (χ2n) is 3.82. The molecule has 19 heavy (non-hydrogen) atoms. The molecule has 5 nitrogen and oxygen atoms in total. The van der Waals surface area contributed by atoms with Crippen molar-refractivity contribution in [2.75, 3.05) is 0 Å². The van der Waals surface area contributed by atoms with Crippen LogP contribution in [-0.2, 0) is 6.54 Å². The molecule has 0 saturated carbocycles. The number of amides is 1. The Labute approximate surface area is 118 Å². The van der Waals surface area contributed by atoms with Gasteiger partial charge in [0.05, 0.1) is 6.54 Å². The maximum atomic E-state index is 11.7. The van der Waals surface area contributed by atoms with E-state index in [1.165, 1.54) is 23.0 Å². The Hall–Kier alpha value is -1.85. The standard InChI is InChI=1S/C12H9Cl2N3O2/c13-9-5-7(11(15)18)1-2-8(9)6-17-4-3-16-10(14)12(17)19/h1-5H,6H2,(H2,15,18). The van der Waals surface area contributed by atoms with E-state index < -0.39 is 11.5 Å². The summed E-state index contributed by atoms with van der Waals surface area (Å²) in [4.78, 5) is 26.4. The minimum atomic E-state index is -0.558. The number of benzene rings is 1. The average molecular weight is 298 g/mol. The molecule has 0 saturated heterocycles. The summed E-state index contributed by atoms with van der Waals surface area (Å²) in [5.74, 6) is -0.558. The molecule has 98 valence electrons. The third-order valence-electron chi connectivity index (χ3n) is 2.55. The zero-order valence-corrected chi connectivity index (χ0v) is 11.1. The smallest absolute Gasteiger partial charge is 0.288 e. The first kappa shape index (κ1) is 13.6. The summed E-state index contributed by atoms with van der Waals surface area (Å²) in [5.41, 5.74) is 5.74. The molecule has 1 amide bonds. The third kappa shape index (κ3) is 2.94. The molecular weight excluding hydrogens is 289 g/mol. The lowest BCUT2D eigenvalue weighted by Gasteiger charge is -2.08. The highest BCUT2D eigenvalue weighted by Gasteiger charge is 2.08. The summed E-state index contributed by atoms with van der Waals surface area (Å²) in [7, 11) is 0. The molecule has 1 heterocycles. The van der Waals surface area contributed by atoms with Gasteiger partial charge in [0.2, 0.25) is 5.91 Å². The quantitative estimate of drug-likeness (QED) is 0.936. The number of hydrogen-bond acceptors (Lipinski definition) is 3. The number of carbonyl (C=O) groups is 1. The first-order valence-corrected chi connectivity index (χ1v) is 6.04. The van der Waals surface area contributed by atoms with Crippen molar-refractivity contribution in [2.24, 2.45) is 5.73 Å². The maximum absolute atomic E-state index is 11.7. The van der Waals surface area contributed by atoms with Gasteiger partial charge >= 0.3 is 0 Å². The van der Waals surface area contributed by atoms with Crippen LogP contribution in [-0.4, -0.2) is 15.5 Å². The molecule has 0 radical (unpaired) electrons. The van der Waals surface area contributed by atoms with Crippen molar-refractivity contribution in [1.29, 1.82) is 0 Å². The second kappa shape index (κ2) is 5.42. The first-order chi connectivity index (χ1) is 8.99. The van der Waals surface area contributed by atoms with Gasteiger partial charge in [-0.3, -0.25) is 9.59 Å². The van der Waals surface area contributed by atoms with Gasteiger partial charge in [-0.1, -0.05) is 29.3 Å². The number of carbonyl (C=O) groups excluding carboxylic acids is 1. The van der Waals surface area contributed by atoms with Crippen LogP contribution in [0.4, 0.5) is 0 Å². The van der Waals surface area contributed by atoms with E-state index in [4.69, 9.17) is 28.9 Å². The van der Waals surface area contributed by atoms with E-state index in [-0.39, 0.29) is 11.7 Å². The summed E-state index contributed by atoms with van der Waals surface area (Å²) in [5, 5.41) is 0.253. The van der Waals surface area contributed by atoms with E-state index in [1.54, 1.807) is 12.1 Å². The number of hydrogen-bond donors (Lipinski definition) is 1. The van der Waals surface area contributed by atoms with Crippen molar-refractivity contribution >= 4 is 29.1 Å². The topological polar surface area (TPSA) is 78.0 Å². The lowest BCUT2D eigenvalue weighted by atomic mass is 10.1. The predicted molar refractivity (Wildman–Crippen MR) is 72.6 cm³/mol. The monoisotopic (exact) mass is 297 g/mol. The van der Waals surface area contributed by atoms with Crippen LogP contribution in [0.3, 0.4) is 0 Å². The molecule has 0 spiro atoms. The summed E-state index contributed by atoms with van der Waals surface area (Å²) in [6.07, 6.45) is 2.93. The average Bonchev–Trinajstić information content (AvgIpc) is 2.37. The molecule has 2 rings (SSSR count). The van der Waals surface area contributed by atoms with E-state index >= 15 is 0 Å². The molecular formula is C12H9Cl2N3O2. The number of halogens is 2. The lowest BCUT2D eigenvalue weighted by Crippen LogP contribution is -2.21. The van der Waals surface area contributed by atoms with Gasteiger partial charge < -0.3 is 10.3 Å². The zero-order chi connectivity index (χ0) is 14.0. The Morgan fingerprint density at radius 1 is 1.37 bits per heavy atom. The fourth-order valence-electron chi connectivity index (χ4n) is 1.56. The minimum absolute atomic E-state index is 0.104. The van der Waals surface area contributed by atoms with Crippen molar-refractivity contribution in [2.45, 2.75) is 6.54 Å². The number of primary amides is 1. The van der Waals surface area contributed by atoms with Crippen molar-refractivity contribution in [3.63, 3.8) is 0 Å². The molecule has 0 bridgehead atoms. The molecule has 2 N–H and O–H groups in total. The fourth-order valence-corrected chi connectivity index (χ4v) is 1.96. The summed E-state index contributed by atoms with van der Waals surface area (Å²) >= 11 is 11.7. The molecule has 0 aliphatic heterocycles. The summed E-state index contributed by atoms with van der Waals surface area (Å²) in [6, 6.07) is 4.66. The van der Waals surface area contributed by atoms with Gasteiger partial charge in [0.15, 0.2) is 5.15 Å². The first-order valence-electron chi connectivity index (χ1n) is 5.28. The van der Waals surface area contributed by atoms with Gasteiger partial charge in [-0.25, -0.2) is 4.98 Å². The lowest BCUT2D eigenvalue weighted by molar-refractivity contribution is 0.100. The van der Waals surface area contributed by atoms with Crippen molar-refractivity contribution < 1.29 is 4.79 Å². The molecule has 1 aromatic heterocycles. The summed E-state index contributed by atoms with van der Waals surface area (Å²) < 4.78 is 1.38. The Balaban J connectivity index is 2.36. The van der Waals surface area contributed by atoms with Gasteiger partial charge in [-0.15, -0.1) is 0 Å². The highest BCUT2D eigenvalue weighted by atomic mass is 35.5. The highest BCUT2D eigenvalue weighted by Crippen LogP contribution is 2.18. The van der Waals surface area contributed by atoms with E-state index in [9.17, 15) is 9.59 Å². The molecule has 2 aromatic rings. The van der Waals surface area contributed by atoms with Crippen LogP contribution in [0.25, 0.3) is 0 Å². The van der Waals surface area contributed by atoms with Crippen LogP contribution < -0.4 is 11.3 Å². The Kier molecular flexibility index (Phi) is 3.87.